The molecule has 0 bridgehead atoms. The van der Waals surface area contributed by atoms with Crippen molar-refractivity contribution in [2.75, 3.05) is 5.75 Å². The fraction of sp³-hybridized carbons (Fsp3) is 0.429. The van der Waals surface area contributed by atoms with Crippen molar-refractivity contribution in [2.45, 2.75) is 30.3 Å². The third-order valence-electron chi connectivity index (χ3n) is 3.50. The van der Waals surface area contributed by atoms with Crippen molar-refractivity contribution in [1.82, 2.24) is 4.98 Å². The van der Waals surface area contributed by atoms with E-state index in [-0.39, 0.29) is 22.3 Å². The van der Waals surface area contributed by atoms with Crippen LogP contribution in [0.15, 0.2) is 40.4 Å². The summed E-state index contributed by atoms with van der Waals surface area (Å²) in [6.07, 6.45) is 3.83. The number of dihydropyridines is 1. The van der Waals surface area contributed by atoms with Crippen LogP contribution in [-0.2, 0) is 20.6 Å². The zero-order valence-electron chi connectivity index (χ0n) is 12.8. The lowest BCUT2D eigenvalue weighted by atomic mass is 9.97. The molecule has 5 nitrogen and oxygen atoms in total. The lowest BCUT2D eigenvalue weighted by Gasteiger charge is -2.23. The number of hydrogen-bond donors (Lipinski definition) is 0. The van der Waals surface area contributed by atoms with Crippen molar-refractivity contribution in [3.63, 3.8) is 0 Å². The molecular formula is C14H15F3N2O3S2. The van der Waals surface area contributed by atoms with Gasteiger partial charge in [-0.05, 0) is 18.2 Å². The van der Waals surface area contributed by atoms with Gasteiger partial charge in [-0.2, -0.15) is 13.2 Å². The maximum atomic E-state index is 12.7. The predicted octanol–water partition coefficient (Wildman–Crippen LogP) is 2.79. The Bertz CT molecular complexity index is 817. The standard InChI is InChI=1S/C14H15F3N2O3S2/c1-3-24(21,22)10-5-4-8-18-13(10)12-9(2)6-7-11(19-12)23(20)14(15,16)17/h4-9,12H,3H2,1-2H3. The van der Waals surface area contributed by atoms with Crippen LogP contribution in [0.2, 0.25) is 0 Å². The van der Waals surface area contributed by atoms with Crippen molar-refractivity contribution < 1.29 is 25.8 Å². The summed E-state index contributed by atoms with van der Waals surface area (Å²) in [4.78, 5) is 7.84. The van der Waals surface area contributed by atoms with Gasteiger partial charge in [-0.25, -0.2) is 12.6 Å². The van der Waals surface area contributed by atoms with E-state index in [0.29, 0.717) is 0 Å². The van der Waals surface area contributed by atoms with Gasteiger partial charge in [-0.15, -0.1) is 0 Å². The zero-order valence-corrected chi connectivity index (χ0v) is 14.5. The highest BCUT2D eigenvalue weighted by Gasteiger charge is 2.41. The summed E-state index contributed by atoms with van der Waals surface area (Å²) in [6.45, 7) is 3.14. The molecule has 0 fully saturated rings. The van der Waals surface area contributed by atoms with Crippen LogP contribution in [0.1, 0.15) is 25.6 Å². The summed E-state index contributed by atoms with van der Waals surface area (Å²) in [5, 5.41) is -0.643. The first-order chi connectivity index (χ1) is 11.1. The van der Waals surface area contributed by atoms with Crippen molar-refractivity contribution >= 4 is 25.7 Å². The molecule has 0 radical (unpaired) electrons. The van der Waals surface area contributed by atoms with Crippen molar-refractivity contribution in [1.29, 1.82) is 0 Å². The van der Waals surface area contributed by atoms with Crippen LogP contribution in [-0.4, -0.2) is 33.9 Å². The van der Waals surface area contributed by atoms with Crippen LogP contribution in [0.5, 0.6) is 0 Å². The minimum atomic E-state index is -4.93. The second kappa shape index (κ2) is 6.75. The number of aliphatic imine (C=N–C) groups is 1. The Morgan fingerprint density at radius 1 is 1.33 bits per heavy atom. The Balaban J connectivity index is 2.55. The quantitative estimate of drug-likeness (QED) is 0.808. The van der Waals surface area contributed by atoms with Gasteiger partial charge in [0.25, 0.3) is 0 Å². The number of nitrogens with zero attached hydrogens (tertiary/aromatic N) is 2. The molecule has 1 aliphatic heterocycles. The van der Waals surface area contributed by atoms with Gasteiger partial charge in [0.05, 0.1) is 16.3 Å². The highest BCUT2D eigenvalue weighted by Crippen LogP contribution is 2.34. The molecule has 132 valence electrons. The molecule has 3 unspecified atom stereocenters. The van der Waals surface area contributed by atoms with Crippen LogP contribution in [0.4, 0.5) is 13.2 Å². The smallest absolute Gasteiger partial charge is 0.265 e. The molecule has 1 aromatic heterocycles. The minimum absolute atomic E-state index is 0.0628. The number of rotatable bonds is 3. The summed E-state index contributed by atoms with van der Waals surface area (Å²) < 4.78 is 73.9. The van der Waals surface area contributed by atoms with Crippen molar-refractivity contribution in [3.05, 3.63) is 36.2 Å². The molecule has 1 aliphatic rings. The lowest BCUT2D eigenvalue weighted by Crippen LogP contribution is -2.26. The zero-order chi connectivity index (χ0) is 18.1. The summed E-state index contributed by atoms with van der Waals surface area (Å²) in [7, 11) is -6.90. The molecule has 0 spiro atoms. The van der Waals surface area contributed by atoms with Crippen LogP contribution in [0, 0.1) is 5.92 Å². The molecular weight excluding hydrogens is 365 g/mol. The van der Waals surface area contributed by atoms with Crippen LogP contribution in [0.3, 0.4) is 0 Å². The lowest BCUT2D eigenvalue weighted by molar-refractivity contribution is -0.0369. The largest absolute Gasteiger partial charge is 0.477 e. The van der Waals surface area contributed by atoms with Gasteiger partial charge in [-0.3, -0.25) is 9.98 Å². The number of pyridine rings is 1. The minimum Gasteiger partial charge on any atom is -0.265 e. The maximum absolute atomic E-state index is 12.7. The molecule has 0 aromatic carbocycles. The van der Waals surface area contributed by atoms with E-state index in [2.05, 4.69) is 9.98 Å². The average Bonchev–Trinajstić information content (AvgIpc) is 2.54. The van der Waals surface area contributed by atoms with Gasteiger partial charge in [0, 0.05) is 12.1 Å². The average molecular weight is 380 g/mol. The first-order valence-corrected chi connectivity index (χ1v) is 9.80. The van der Waals surface area contributed by atoms with Gasteiger partial charge in [-0.1, -0.05) is 19.9 Å². The predicted molar refractivity (Wildman–Crippen MR) is 84.6 cm³/mol. The molecule has 10 heteroatoms. The molecule has 0 N–H and O–H groups in total. The number of aromatic nitrogens is 1. The van der Waals surface area contributed by atoms with E-state index >= 15 is 0 Å². The normalized spacial score (nSPS) is 23.0. The molecule has 0 amide bonds. The summed E-state index contributed by atoms with van der Waals surface area (Å²) in [5.41, 5.74) is -4.87. The molecule has 2 rings (SSSR count). The van der Waals surface area contributed by atoms with E-state index in [9.17, 15) is 25.8 Å². The second-order valence-corrected chi connectivity index (χ2v) is 8.80. The molecule has 0 aliphatic carbocycles. The van der Waals surface area contributed by atoms with Gasteiger partial charge in [0.1, 0.15) is 11.1 Å². The van der Waals surface area contributed by atoms with Crippen molar-refractivity contribution in [3.8, 4) is 0 Å². The third kappa shape index (κ3) is 3.75. The van der Waals surface area contributed by atoms with Gasteiger partial charge >= 0.3 is 5.51 Å². The van der Waals surface area contributed by atoms with E-state index in [1.54, 1.807) is 6.92 Å². The molecule has 24 heavy (non-hydrogen) atoms. The number of sulfone groups is 1. The highest BCUT2D eigenvalue weighted by molar-refractivity contribution is 8.01. The number of hydrogen-bond acceptors (Lipinski definition) is 5. The topological polar surface area (TPSA) is 76.5 Å². The summed E-state index contributed by atoms with van der Waals surface area (Å²) in [6, 6.07) is 1.84. The van der Waals surface area contributed by atoms with E-state index in [1.165, 1.54) is 31.3 Å². The van der Waals surface area contributed by atoms with E-state index < -0.39 is 37.2 Å². The van der Waals surface area contributed by atoms with E-state index in [4.69, 9.17) is 0 Å². The fourth-order valence-electron chi connectivity index (χ4n) is 2.22. The monoisotopic (exact) mass is 380 g/mol. The SMILES string of the molecule is CCS(=O)(=O)c1cccnc1C1N=C(S(=O)C(F)(F)F)C=CC1C. The Hall–Kier alpha value is -1.55. The molecule has 0 saturated carbocycles. The van der Waals surface area contributed by atoms with E-state index in [1.807, 2.05) is 0 Å². The number of alkyl halides is 3. The van der Waals surface area contributed by atoms with Crippen LogP contribution < -0.4 is 0 Å². The van der Waals surface area contributed by atoms with Gasteiger partial charge in [0.15, 0.2) is 20.6 Å². The van der Waals surface area contributed by atoms with Gasteiger partial charge in [0.2, 0.25) is 0 Å². The first-order valence-electron chi connectivity index (χ1n) is 7.00. The van der Waals surface area contributed by atoms with Gasteiger partial charge < -0.3 is 0 Å². The van der Waals surface area contributed by atoms with E-state index in [0.717, 1.165) is 6.08 Å². The first kappa shape index (κ1) is 18.8. The summed E-state index contributed by atoms with van der Waals surface area (Å²) in [5.74, 6) is -0.562. The third-order valence-corrected chi connectivity index (χ3v) is 6.32. The van der Waals surface area contributed by atoms with Crippen LogP contribution >= 0.6 is 0 Å². The summed E-state index contributed by atoms with van der Waals surface area (Å²) >= 11 is 0. The molecule has 1 aromatic rings. The maximum Gasteiger partial charge on any atom is 0.477 e. The molecule has 2 heterocycles. The van der Waals surface area contributed by atoms with Crippen molar-refractivity contribution in [2.24, 2.45) is 10.9 Å². The second-order valence-electron chi connectivity index (χ2n) is 5.14. The Morgan fingerprint density at radius 3 is 2.58 bits per heavy atom. The highest BCUT2D eigenvalue weighted by atomic mass is 32.2. The fourth-order valence-corrected chi connectivity index (χ4v) is 3.96. The Morgan fingerprint density at radius 2 is 2.00 bits per heavy atom. The number of halogens is 3. The molecule has 0 saturated heterocycles. The Kier molecular flexibility index (Phi) is 5.28. The Labute approximate surface area is 140 Å². The van der Waals surface area contributed by atoms with Crippen LogP contribution in [0.25, 0.3) is 0 Å². The molecule has 3 atom stereocenters.